The SMILES string of the molecule is CC1(C)CN=C(Nc2ccc(Br)cc2Br)SC1. The van der Waals surface area contributed by atoms with E-state index in [1.54, 1.807) is 11.8 Å². The molecule has 17 heavy (non-hydrogen) atoms. The molecule has 1 aliphatic rings. The van der Waals surface area contributed by atoms with Crippen molar-refractivity contribution in [2.24, 2.45) is 10.4 Å². The number of thioether (sulfide) groups is 1. The molecule has 1 aromatic carbocycles. The Balaban J connectivity index is 2.09. The van der Waals surface area contributed by atoms with Crippen molar-refractivity contribution in [1.29, 1.82) is 0 Å². The fourth-order valence-corrected chi connectivity index (χ4v) is 3.53. The van der Waals surface area contributed by atoms with Crippen LogP contribution in [-0.2, 0) is 0 Å². The lowest BCUT2D eigenvalue weighted by Crippen LogP contribution is -2.27. The maximum atomic E-state index is 4.58. The van der Waals surface area contributed by atoms with Gasteiger partial charge in [0.1, 0.15) is 0 Å². The zero-order valence-corrected chi connectivity index (χ0v) is 13.7. The molecule has 0 amide bonds. The van der Waals surface area contributed by atoms with E-state index in [1.165, 1.54) is 0 Å². The van der Waals surface area contributed by atoms with E-state index >= 15 is 0 Å². The summed E-state index contributed by atoms with van der Waals surface area (Å²) in [5.41, 5.74) is 1.37. The third kappa shape index (κ3) is 3.73. The molecular formula is C12H14Br2N2S. The Bertz CT molecular complexity index is 458. The Kier molecular flexibility index (Phi) is 4.21. The molecule has 1 aromatic rings. The van der Waals surface area contributed by atoms with Gasteiger partial charge in [-0.25, -0.2) is 0 Å². The number of benzene rings is 1. The largest absolute Gasteiger partial charge is 0.334 e. The van der Waals surface area contributed by atoms with Gasteiger partial charge in [0.2, 0.25) is 0 Å². The Morgan fingerprint density at radius 2 is 2.12 bits per heavy atom. The maximum Gasteiger partial charge on any atom is 0.161 e. The van der Waals surface area contributed by atoms with E-state index in [4.69, 9.17) is 0 Å². The van der Waals surface area contributed by atoms with E-state index in [0.29, 0.717) is 5.41 Å². The highest BCUT2D eigenvalue weighted by atomic mass is 79.9. The van der Waals surface area contributed by atoms with Crippen molar-refractivity contribution in [2.75, 3.05) is 17.6 Å². The van der Waals surface area contributed by atoms with Crippen molar-refractivity contribution < 1.29 is 0 Å². The molecule has 5 heteroatoms. The summed E-state index contributed by atoms with van der Waals surface area (Å²) in [6.45, 7) is 5.38. The van der Waals surface area contributed by atoms with Crippen LogP contribution < -0.4 is 5.32 Å². The number of amidine groups is 1. The van der Waals surface area contributed by atoms with E-state index in [9.17, 15) is 0 Å². The van der Waals surface area contributed by atoms with Gasteiger partial charge in [0.05, 0.1) is 5.69 Å². The second kappa shape index (κ2) is 5.33. The molecule has 0 aromatic heterocycles. The molecule has 1 heterocycles. The molecule has 0 aliphatic carbocycles. The first-order chi connectivity index (χ1) is 7.96. The molecule has 1 N–H and O–H groups in total. The quantitative estimate of drug-likeness (QED) is 0.763. The van der Waals surface area contributed by atoms with Crippen molar-refractivity contribution in [3.63, 3.8) is 0 Å². The van der Waals surface area contributed by atoms with Gasteiger partial charge in [-0.1, -0.05) is 41.5 Å². The van der Waals surface area contributed by atoms with E-state index in [-0.39, 0.29) is 0 Å². The first-order valence-electron chi connectivity index (χ1n) is 5.36. The predicted molar refractivity (Wildman–Crippen MR) is 84.0 cm³/mol. The standard InChI is InChI=1S/C12H14Br2N2S/c1-12(2)6-15-11(17-7-12)16-10-4-3-8(13)5-9(10)14/h3-5H,6-7H2,1-2H3,(H,15,16). The van der Waals surface area contributed by atoms with Crippen molar-refractivity contribution in [3.05, 3.63) is 27.1 Å². The molecule has 0 saturated heterocycles. The number of nitrogens with zero attached hydrogens (tertiary/aromatic N) is 1. The summed E-state index contributed by atoms with van der Waals surface area (Å²) in [4.78, 5) is 4.58. The smallest absolute Gasteiger partial charge is 0.161 e. The van der Waals surface area contributed by atoms with Gasteiger partial charge in [0, 0.05) is 21.2 Å². The second-order valence-electron chi connectivity index (χ2n) is 4.82. The van der Waals surface area contributed by atoms with Crippen LogP contribution in [0.5, 0.6) is 0 Å². The first kappa shape index (κ1) is 13.4. The Morgan fingerprint density at radius 3 is 2.71 bits per heavy atom. The average molecular weight is 378 g/mol. The summed E-state index contributed by atoms with van der Waals surface area (Å²) >= 11 is 8.77. The molecule has 0 saturated carbocycles. The van der Waals surface area contributed by atoms with Gasteiger partial charge in [-0.2, -0.15) is 0 Å². The minimum absolute atomic E-state index is 0.312. The van der Waals surface area contributed by atoms with Gasteiger partial charge in [-0.05, 0) is 39.5 Å². The van der Waals surface area contributed by atoms with Crippen LogP contribution in [0.2, 0.25) is 0 Å². The van der Waals surface area contributed by atoms with Crippen molar-refractivity contribution in [2.45, 2.75) is 13.8 Å². The van der Waals surface area contributed by atoms with Crippen molar-refractivity contribution in [3.8, 4) is 0 Å². The molecule has 0 unspecified atom stereocenters. The Labute approximate surface area is 123 Å². The number of rotatable bonds is 1. The predicted octanol–water partition coefficient (Wildman–Crippen LogP) is 4.75. The van der Waals surface area contributed by atoms with E-state index < -0.39 is 0 Å². The van der Waals surface area contributed by atoms with Crippen LogP contribution in [0.15, 0.2) is 32.1 Å². The van der Waals surface area contributed by atoms with Gasteiger partial charge < -0.3 is 5.32 Å². The lowest BCUT2D eigenvalue weighted by molar-refractivity contribution is 0.438. The lowest BCUT2D eigenvalue weighted by atomic mass is 9.97. The highest BCUT2D eigenvalue weighted by molar-refractivity contribution is 9.11. The van der Waals surface area contributed by atoms with Gasteiger partial charge in [0.25, 0.3) is 0 Å². The normalized spacial score (nSPS) is 18.7. The van der Waals surface area contributed by atoms with Gasteiger partial charge >= 0.3 is 0 Å². The summed E-state index contributed by atoms with van der Waals surface area (Å²) < 4.78 is 2.11. The topological polar surface area (TPSA) is 24.4 Å². The molecule has 0 fully saturated rings. The van der Waals surface area contributed by atoms with Crippen LogP contribution in [0.3, 0.4) is 0 Å². The highest BCUT2D eigenvalue weighted by Crippen LogP contribution is 2.31. The molecule has 92 valence electrons. The number of hydrogen-bond acceptors (Lipinski definition) is 3. The minimum Gasteiger partial charge on any atom is -0.334 e. The zero-order valence-electron chi connectivity index (χ0n) is 9.76. The summed E-state index contributed by atoms with van der Waals surface area (Å²) in [6, 6.07) is 6.09. The summed E-state index contributed by atoms with van der Waals surface area (Å²) in [7, 11) is 0. The summed E-state index contributed by atoms with van der Waals surface area (Å²) in [5, 5.41) is 4.37. The monoisotopic (exact) mass is 376 g/mol. The molecule has 0 spiro atoms. The van der Waals surface area contributed by atoms with Crippen LogP contribution in [0, 0.1) is 5.41 Å². The maximum absolute atomic E-state index is 4.58. The number of halogens is 2. The first-order valence-corrected chi connectivity index (χ1v) is 7.93. The van der Waals surface area contributed by atoms with Crippen LogP contribution in [-0.4, -0.2) is 17.5 Å². The fourth-order valence-electron chi connectivity index (χ4n) is 1.42. The van der Waals surface area contributed by atoms with Crippen LogP contribution in [0.25, 0.3) is 0 Å². The van der Waals surface area contributed by atoms with Gasteiger partial charge in [-0.15, -0.1) is 0 Å². The zero-order chi connectivity index (χ0) is 12.5. The number of hydrogen-bond donors (Lipinski definition) is 1. The van der Waals surface area contributed by atoms with Crippen LogP contribution in [0.1, 0.15) is 13.8 Å². The van der Waals surface area contributed by atoms with Crippen LogP contribution in [0.4, 0.5) is 5.69 Å². The molecule has 0 atom stereocenters. The number of aliphatic imine (C=N–C) groups is 1. The summed E-state index contributed by atoms with van der Waals surface area (Å²) in [5.74, 6) is 1.10. The number of anilines is 1. The minimum atomic E-state index is 0.312. The highest BCUT2D eigenvalue weighted by Gasteiger charge is 2.23. The Hall–Kier alpha value is -0.000000000000000111. The molecule has 2 nitrogen and oxygen atoms in total. The van der Waals surface area contributed by atoms with Crippen molar-refractivity contribution in [1.82, 2.24) is 0 Å². The molecule has 0 bridgehead atoms. The van der Waals surface area contributed by atoms with E-state index in [1.807, 2.05) is 18.2 Å². The summed E-state index contributed by atoms with van der Waals surface area (Å²) in [6.07, 6.45) is 0. The van der Waals surface area contributed by atoms with Crippen molar-refractivity contribution >= 4 is 54.5 Å². The average Bonchev–Trinajstić information content (AvgIpc) is 2.25. The van der Waals surface area contributed by atoms with E-state index in [2.05, 4.69) is 56.0 Å². The third-order valence-electron chi connectivity index (χ3n) is 2.42. The van der Waals surface area contributed by atoms with Crippen LogP contribution >= 0.6 is 43.6 Å². The fraction of sp³-hybridized carbons (Fsp3) is 0.417. The molecule has 2 rings (SSSR count). The van der Waals surface area contributed by atoms with Gasteiger partial charge in [-0.3, -0.25) is 4.99 Å². The second-order valence-corrected chi connectivity index (χ2v) is 7.56. The lowest BCUT2D eigenvalue weighted by Gasteiger charge is -2.27. The molecule has 0 radical (unpaired) electrons. The van der Waals surface area contributed by atoms with E-state index in [0.717, 1.165) is 32.1 Å². The van der Waals surface area contributed by atoms with Gasteiger partial charge in [0.15, 0.2) is 5.17 Å². The number of nitrogens with one attached hydrogen (secondary N) is 1. The molecular weight excluding hydrogens is 364 g/mol. The third-order valence-corrected chi connectivity index (χ3v) is 5.00. The Morgan fingerprint density at radius 1 is 1.35 bits per heavy atom. The molecule has 1 aliphatic heterocycles.